The molecule has 1 aliphatic heterocycles. The van der Waals surface area contributed by atoms with Gasteiger partial charge in [0.05, 0.1) is 5.75 Å². The maximum absolute atomic E-state index is 12.3. The normalized spacial score (nSPS) is 19.5. The van der Waals surface area contributed by atoms with Crippen molar-refractivity contribution in [2.75, 3.05) is 37.8 Å². The van der Waals surface area contributed by atoms with Crippen molar-refractivity contribution in [3.8, 4) is 0 Å². The van der Waals surface area contributed by atoms with Gasteiger partial charge < -0.3 is 0 Å². The molecule has 2 rings (SSSR count). The Bertz CT molecular complexity index is 530. The molecule has 1 unspecified atom stereocenters. The summed E-state index contributed by atoms with van der Waals surface area (Å²) in [5.74, 6) is 0.504. The molecule has 1 aliphatic rings. The van der Waals surface area contributed by atoms with Crippen LogP contribution in [0.15, 0.2) is 24.5 Å². The van der Waals surface area contributed by atoms with E-state index < -0.39 is 10.0 Å². The molecule has 0 spiro atoms. The summed E-state index contributed by atoms with van der Waals surface area (Å²) in [6.45, 7) is 5.30. The third kappa shape index (κ3) is 4.92. The number of alkyl halides is 1. The van der Waals surface area contributed by atoms with Crippen LogP contribution in [0.25, 0.3) is 0 Å². The summed E-state index contributed by atoms with van der Waals surface area (Å²) < 4.78 is 26.1. The Balaban J connectivity index is 1.85. The lowest BCUT2D eigenvalue weighted by atomic mass is 10.2. The molecule has 0 aromatic carbocycles. The van der Waals surface area contributed by atoms with E-state index in [1.807, 2.05) is 25.3 Å². The number of nitrogens with zero attached hydrogens (tertiary/aromatic N) is 3. The molecule has 0 bridgehead atoms. The predicted octanol–water partition coefficient (Wildman–Crippen LogP) is 1.40. The number of aromatic nitrogens is 1. The molecule has 1 aromatic heterocycles. The lowest BCUT2D eigenvalue weighted by Crippen LogP contribution is -2.49. The van der Waals surface area contributed by atoms with Crippen LogP contribution in [0.2, 0.25) is 0 Å². The average molecular weight is 332 g/mol. The minimum Gasteiger partial charge on any atom is -0.296 e. The molecule has 21 heavy (non-hydrogen) atoms. The van der Waals surface area contributed by atoms with E-state index in [4.69, 9.17) is 11.6 Å². The van der Waals surface area contributed by atoms with Crippen LogP contribution in [-0.4, -0.2) is 60.4 Å². The van der Waals surface area contributed by atoms with Gasteiger partial charge in [0, 0.05) is 51.0 Å². The first-order valence-electron chi connectivity index (χ1n) is 7.16. The zero-order chi connectivity index (χ0) is 15.3. The van der Waals surface area contributed by atoms with E-state index in [9.17, 15) is 8.42 Å². The lowest BCUT2D eigenvalue weighted by molar-refractivity contribution is 0.181. The van der Waals surface area contributed by atoms with Gasteiger partial charge in [-0.05, 0) is 17.5 Å². The van der Waals surface area contributed by atoms with E-state index in [1.54, 1.807) is 10.5 Å². The van der Waals surface area contributed by atoms with E-state index >= 15 is 0 Å². The van der Waals surface area contributed by atoms with Crippen LogP contribution in [0.5, 0.6) is 0 Å². The summed E-state index contributed by atoms with van der Waals surface area (Å²) in [6.07, 6.45) is 3.61. The molecular weight excluding hydrogens is 310 g/mol. The minimum atomic E-state index is -3.18. The molecule has 0 saturated carbocycles. The van der Waals surface area contributed by atoms with Gasteiger partial charge in [-0.3, -0.25) is 9.88 Å². The van der Waals surface area contributed by atoms with Gasteiger partial charge in [-0.2, -0.15) is 4.31 Å². The Morgan fingerprint density at radius 1 is 1.33 bits per heavy atom. The number of sulfonamides is 1. The van der Waals surface area contributed by atoms with Crippen molar-refractivity contribution in [3.05, 3.63) is 30.1 Å². The quantitative estimate of drug-likeness (QED) is 0.739. The molecule has 1 atom stereocenters. The van der Waals surface area contributed by atoms with Crippen molar-refractivity contribution in [3.63, 3.8) is 0 Å². The third-order valence-corrected chi connectivity index (χ3v) is 6.28. The maximum Gasteiger partial charge on any atom is 0.214 e. The van der Waals surface area contributed by atoms with Crippen LogP contribution in [0.4, 0.5) is 0 Å². The predicted molar refractivity (Wildman–Crippen MR) is 84.8 cm³/mol. The Hall–Kier alpha value is -0.690. The van der Waals surface area contributed by atoms with E-state index in [0.29, 0.717) is 19.0 Å². The fourth-order valence-corrected chi connectivity index (χ4v) is 4.43. The van der Waals surface area contributed by atoms with Crippen LogP contribution in [0.1, 0.15) is 12.5 Å². The van der Waals surface area contributed by atoms with Crippen LogP contribution >= 0.6 is 11.6 Å². The summed E-state index contributed by atoms with van der Waals surface area (Å²) in [6, 6.07) is 3.96. The number of hydrogen-bond acceptors (Lipinski definition) is 4. The second kappa shape index (κ2) is 7.54. The van der Waals surface area contributed by atoms with Gasteiger partial charge in [-0.15, -0.1) is 11.6 Å². The second-order valence-corrected chi connectivity index (χ2v) is 7.90. The zero-order valence-electron chi connectivity index (χ0n) is 12.3. The summed E-state index contributed by atoms with van der Waals surface area (Å²) in [5, 5.41) is 0. The molecule has 1 saturated heterocycles. The molecule has 0 N–H and O–H groups in total. The maximum atomic E-state index is 12.3. The van der Waals surface area contributed by atoms with Gasteiger partial charge in [0.2, 0.25) is 10.0 Å². The van der Waals surface area contributed by atoms with Crippen molar-refractivity contribution in [1.82, 2.24) is 14.2 Å². The molecule has 1 aromatic rings. The van der Waals surface area contributed by atoms with Gasteiger partial charge in [-0.1, -0.05) is 13.0 Å². The van der Waals surface area contributed by atoms with E-state index in [-0.39, 0.29) is 11.7 Å². The Kier molecular flexibility index (Phi) is 5.98. The first kappa shape index (κ1) is 16.7. The summed E-state index contributed by atoms with van der Waals surface area (Å²) >= 11 is 5.71. The van der Waals surface area contributed by atoms with Crippen LogP contribution in [0, 0.1) is 5.92 Å². The summed E-state index contributed by atoms with van der Waals surface area (Å²) in [7, 11) is -3.18. The van der Waals surface area contributed by atoms with Gasteiger partial charge >= 0.3 is 0 Å². The Morgan fingerprint density at radius 2 is 2.05 bits per heavy atom. The molecule has 118 valence electrons. The fourth-order valence-electron chi connectivity index (χ4n) is 2.43. The number of rotatable bonds is 6. The Labute approximate surface area is 132 Å². The highest BCUT2D eigenvalue weighted by Gasteiger charge is 2.28. The van der Waals surface area contributed by atoms with Gasteiger partial charge in [0.15, 0.2) is 0 Å². The zero-order valence-corrected chi connectivity index (χ0v) is 13.9. The number of hydrogen-bond donors (Lipinski definition) is 0. The smallest absolute Gasteiger partial charge is 0.214 e. The molecule has 1 fully saturated rings. The molecule has 0 amide bonds. The highest BCUT2D eigenvalue weighted by atomic mass is 35.5. The first-order valence-corrected chi connectivity index (χ1v) is 9.30. The average Bonchev–Trinajstić information content (AvgIpc) is 2.48. The van der Waals surface area contributed by atoms with E-state index in [1.165, 1.54) is 0 Å². The van der Waals surface area contributed by atoms with Crippen molar-refractivity contribution >= 4 is 21.6 Å². The van der Waals surface area contributed by atoms with E-state index in [0.717, 1.165) is 25.2 Å². The molecule has 2 heterocycles. The Morgan fingerprint density at radius 3 is 2.62 bits per heavy atom. The SMILES string of the molecule is CC(CCl)CS(=O)(=O)N1CCN(Cc2cccnc2)CC1. The molecular formula is C14H22ClN3O2S. The molecule has 7 heteroatoms. The second-order valence-electron chi connectivity index (χ2n) is 5.57. The summed E-state index contributed by atoms with van der Waals surface area (Å²) in [5.41, 5.74) is 1.16. The van der Waals surface area contributed by atoms with Crippen LogP contribution < -0.4 is 0 Å². The largest absolute Gasteiger partial charge is 0.296 e. The van der Waals surface area contributed by atoms with Crippen molar-refractivity contribution in [2.45, 2.75) is 13.5 Å². The molecule has 0 aliphatic carbocycles. The van der Waals surface area contributed by atoms with Crippen molar-refractivity contribution in [1.29, 1.82) is 0 Å². The fraction of sp³-hybridized carbons (Fsp3) is 0.643. The molecule has 0 radical (unpaired) electrons. The third-order valence-electron chi connectivity index (χ3n) is 3.61. The van der Waals surface area contributed by atoms with Crippen molar-refractivity contribution in [2.24, 2.45) is 5.92 Å². The minimum absolute atomic E-state index is 0.00918. The number of pyridine rings is 1. The van der Waals surface area contributed by atoms with Gasteiger partial charge in [0.25, 0.3) is 0 Å². The van der Waals surface area contributed by atoms with Crippen LogP contribution in [0.3, 0.4) is 0 Å². The highest BCUT2D eigenvalue weighted by molar-refractivity contribution is 7.89. The highest BCUT2D eigenvalue weighted by Crippen LogP contribution is 2.14. The van der Waals surface area contributed by atoms with Gasteiger partial charge in [0.1, 0.15) is 0 Å². The molecule has 5 nitrogen and oxygen atoms in total. The van der Waals surface area contributed by atoms with E-state index in [2.05, 4.69) is 9.88 Å². The monoisotopic (exact) mass is 331 g/mol. The number of halogens is 1. The number of piperazine rings is 1. The standard InChI is InChI=1S/C14H22ClN3O2S/c1-13(9-15)12-21(19,20)18-7-5-17(6-8-18)11-14-3-2-4-16-10-14/h2-4,10,13H,5-9,11-12H2,1H3. The topological polar surface area (TPSA) is 53.5 Å². The van der Waals surface area contributed by atoms with Gasteiger partial charge in [-0.25, -0.2) is 8.42 Å². The summed E-state index contributed by atoms with van der Waals surface area (Å²) in [4.78, 5) is 6.36. The first-order chi connectivity index (χ1) is 10.0. The lowest BCUT2D eigenvalue weighted by Gasteiger charge is -2.34. The van der Waals surface area contributed by atoms with Crippen molar-refractivity contribution < 1.29 is 8.42 Å². The van der Waals surface area contributed by atoms with Crippen LogP contribution in [-0.2, 0) is 16.6 Å².